The molecule has 1 aromatic rings. The van der Waals surface area contributed by atoms with Crippen LogP contribution in [0.1, 0.15) is 49.4 Å². The third kappa shape index (κ3) is 4.24. The minimum Gasteiger partial charge on any atom is -0.325 e. The Morgan fingerprint density at radius 3 is 2.43 bits per heavy atom. The first-order valence-electron chi connectivity index (χ1n) is 9.80. The van der Waals surface area contributed by atoms with Gasteiger partial charge in [-0.25, -0.2) is 0 Å². The minimum absolute atomic E-state index is 0.00253. The Morgan fingerprint density at radius 1 is 1.20 bits per heavy atom. The molecule has 0 unspecified atom stereocenters. The summed E-state index contributed by atoms with van der Waals surface area (Å²) in [5.74, 6) is -1.64. The van der Waals surface area contributed by atoms with Gasteiger partial charge in [0, 0.05) is 16.7 Å². The Bertz CT molecular complexity index is 979. The number of carbonyl (C=O) groups excluding carboxylic acids is 3. The first kappa shape index (κ1) is 21.6. The highest BCUT2D eigenvalue weighted by Gasteiger charge is 2.51. The molecule has 0 aromatic heterocycles. The second-order valence-corrected chi connectivity index (χ2v) is 8.54. The van der Waals surface area contributed by atoms with Crippen molar-refractivity contribution in [1.29, 1.82) is 10.5 Å². The van der Waals surface area contributed by atoms with E-state index in [1.807, 2.05) is 0 Å². The lowest BCUT2D eigenvalue weighted by atomic mass is 9.61. The molecule has 1 aliphatic heterocycles. The Hall–Kier alpha value is -3.10. The monoisotopic (exact) mass is 422 g/mol. The molecule has 1 atom stereocenters. The molecule has 154 valence electrons. The van der Waals surface area contributed by atoms with E-state index in [1.165, 1.54) is 6.92 Å². The summed E-state index contributed by atoms with van der Waals surface area (Å²) < 4.78 is 0. The molecule has 1 fully saturated rings. The molecule has 2 N–H and O–H groups in total. The molecule has 2 amide bonds. The van der Waals surface area contributed by atoms with Crippen LogP contribution in [-0.4, -0.2) is 23.4 Å². The standard InChI is InChI=1S/C22H22N4O3S/c1-14(27)15-5-7-16(8-6-15)25-19(28)13-30-21-18(12-24)22(9-3-2-4-10-22)17(11-23)20(29)26-21/h5-8,17H,2-4,9-10,13H2,1H3,(H,25,28)(H,26,29)/t17-/m0/s1. The van der Waals surface area contributed by atoms with Crippen LogP contribution in [-0.2, 0) is 9.59 Å². The van der Waals surface area contributed by atoms with E-state index in [0.717, 1.165) is 31.0 Å². The molecule has 0 saturated heterocycles. The van der Waals surface area contributed by atoms with Crippen molar-refractivity contribution in [2.24, 2.45) is 11.3 Å². The van der Waals surface area contributed by atoms with Crippen molar-refractivity contribution in [3.05, 3.63) is 40.4 Å². The number of benzene rings is 1. The highest BCUT2D eigenvalue weighted by Crippen LogP contribution is 2.51. The molecule has 3 rings (SSSR count). The number of nitrogens with one attached hydrogen (secondary N) is 2. The van der Waals surface area contributed by atoms with Gasteiger partial charge in [0.15, 0.2) is 5.78 Å². The van der Waals surface area contributed by atoms with Crippen molar-refractivity contribution in [3.8, 4) is 12.1 Å². The van der Waals surface area contributed by atoms with Crippen molar-refractivity contribution in [2.45, 2.75) is 39.0 Å². The highest BCUT2D eigenvalue weighted by molar-refractivity contribution is 8.03. The quantitative estimate of drug-likeness (QED) is 0.700. The number of hydrogen-bond acceptors (Lipinski definition) is 6. The van der Waals surface area contributed by atoms with Crippen LogP contribution in [0.4, 0.5) is 5.69 Å². The van der Waals surface area contributed by atoms with E-state index in [0.29, 0.717) is 34.7 Å². The number of anilines is 1. The molecule has 1 aromatic carbocycles. The third-order valence-corrected chi connectivity index (χ3v) is 6.69. The van der Waals surface area contributed by atoms with E-state index in [2.05, 4.69) is 22.8 Å². The summed E-state index contributed by atoms with van der Waals surface area (Å²) in [5.41, 5.74) is 0.768. The zero-order valence-electron chi connectivity index (χ0n) is 16.7. The molecule has 1 aliphatic carbocycles. The number of nitriles is 2. The lowest BCUT2D eigenvalue weighted by molar-refractivity contribution is -0.126. The van der Waals surface area contributed by atoms with Gasteiger partial charge >= 0.3 is 0 Å². The van der Waals surface area contributed by atoms with Gasteiger partial charge < -0.3 is 10.6 Å². The number of carbonyl (C=O) groups is 3. The van der Waals surface area contributed by atoms with Gasteiger partial charge in [0.25, 0.3) is 0 Å². The molecular formula is C22H22N4O3S. The summed E-state index contributed by atoms with van der Waals surface area (Å²) in [6, 6.07) is 10.9. The second kappa shape index (κ2) is 9.15. The van der Waals surface area contributed by atoms with E-state index >= 15 is 0 Å². The van der Waals surface area contributed by atoms with E-state index in [1.54, 1.807) is 24.3 Å². The zero-order valence-corrected chi connectivity index (χ0v) is 17.5. The van der Waals surface area contributed by atoms with Crippen molar-refractivity contribution < 1.29 is 14.4 Å². The number of ketones is 1. The maximum atomic E-state index is 12.6. The third-order valence-electron chi connectivity index (χ3n) is 5.69. The molecule has 30 heavy (non-hydrogen) atoms. The molecular weight excluding hydrogens is 400 g/mol. The number of nitrogens with zero attached hydrogens (tertiary/aromatic N) is 2. The smallest absolute Gasteiger partial charge is 0.243 e. The molecule has 7 nitrogen and oxygen atoms in total. The molecule has 1 spiro atoms. The van der Waals surface area contributed by atoms with E-state index in [4.69, 9.17) is 0 Å². The summed E-state index contributed by atoms with van der Waals surface area (Å²) in [5, 5.41) is 25.2. The SMILES string of the molecule is CC(=O)c1ccc(NC(=O)CSC2=C(C#N)C3(CCCCC3)[C@@H](C#N)C(=O)N2)cc1. The van der Waals surface area contributed by atoms with E-state index in [9.17, 15) is 24.9 Å². The van der Waals surface area contributed by atoms with Gasteiger partial charge in [-0.2, -0.15) is 10.5 Å². The van der Waals surface area contributed by atoms with E-state index in [-0.39, 0.29) is 17.4 Å². The molecule has 0 bridgehead atoms. The number of hydrogen-bond donors (Lipinski definition) is 2. The van der Waals surface area contributed by atoms with Gasteiger partial charge in [-0.3, -0.25) is 14.4 Å². The Labute approximate surface area is 179 Å². The molecule has 0 radical (unpaired) electrons. The predicted octanol–water partition coefficient (Wildman–Crippen LogP) is 3.52. The fourth-order valence-corrected chi connectivity index (χ4v) is 5.08. The summed E-state index contributed by atoms with van der Waals surface area (Å²) in [7, 11) is 0. The maximum Gasteiger partial charge on any atom is 0.243 e. The predicted molar refractivity (Wildman–Crippen MR) is 113 cm³/mol. The Kier molecular flexibility index (Phi) is 6.59. The Balaban J connectivity index is 1.75. The summed E-state index contributed by atoms with van der Waals surface area (Å²) in [6.07, 6.45) is 4.00. The average molecular weight is 423 g/mol. The minimum atomic E-state index is -0.884. The fraction of sp³-hybridized carbons (Fsp3) is 0.409. The van der Waals surface area contributed by atoms with Gasteiger partial charge in [0.2, 0.25) is 11.8 Å². The number of allylic oxidation sites excluding steroid dienone is 1. The van der Waals surface area contributed by atoms with Crippen LogP contribution in [0.2, 0.25) is 0 Å². The maximum absolute atomic E-state index is 12.6. The first-order chi connectivity index (χ1) is 14.4. The number of thioether (sulfide) groups is 1. The molecule has 2 aliphatic rings. The van der Waals surface area contributed by atoms with Crippen molar-refractivity contribution in [3.63, 3.8) is 0 Å². The van der Waals surface area contributed by atoms with Gasteiger partial charge in [0.05, 0.1) is 28.5 Å². The van der Waals surface area contributed by atoms with Crippen LogP contribution >= 0.6 is 11.8 Å². The molecule has 1 heterocycles. The Morgan fingerprint density at radius 2 is 1.87 bits per heavy atom. The van der Waals surface area contributed by atoms with Gasteiger partial charge in [-0.15, -0.1) is 0 Å². The molecule has 1 saturated carbocycles. The lowest BCUT2D eigenvalue weighted by Crippen LogP contribution is -2.48. The van der Waals surface area contributed by atoms with Crippen molar-refractivity contribution in [1.82, 2.24) is 5.32 Å². The van der Waals surface area contributed by atoms with Crippen LogP contribution in [0.3, 0.4) is 0 Å². The van der Waals surface area contributed by atoms with Crippen molar-refractivity contribution >= 4 is 35.0 Å². The topological polar surface area (TPSA) is 123 Å². The summed E-state index contributed by atoms with van der Waals surface area (Å²) in [4.78, 5) is 36.3. The second-order valence-electron chi connectivity index (χ2n) is 7.55. The van der Waals surface area contributed by atoms with Crippen molar-refractivity contribution in [2.75, 3.05) is 11.1 Å². The summed E-state index contributed by atoms with van der Waals surface area (Å²) in [6.45, 7) is 1.47. The summed E-state index contributed by atoms with van der Waals surface area (Å²) >= 11 is 1.10. The van der Waals surface area contributed by atoms with Gasteiger partial charge in [0.1, 0.15) is 5.92 Å². The first-order valence-corrected chi connectivity index (χ1v) is 10.8. The van der Waals surface area contributed by atoms with Crippen LogP contribution in [0, 0.1) is 34.0 Å². The fourth-order valence-electron chi connectivity index (χ4n) is 4.16. The van der Waals surface area contributed by atoms with Crippen LogP contribution in [0.25, 0.3) is 0 Å². The normalized spacial score (nSPS) is 20.1. The lowest BCUT2D eigenvalue weighted by Gasteiger charge is -2.43. The molecule has 8 heteroatoms. The van der Waals surface area contributed by atoms with E-state index < -0.39 is 17.2 Å². The average Bonchev–Trinajstić information content (AvgIpc) is 2.73. The van der Waals surface area contributed by atoms with Crippen LogP contribution in [0.5, 0.6) is 0 Å². The van der Waals surface area contributed by atoms with Crippen LogP contribution in [0.15, 0.2) is 34.9 Å². The van der Waals surface area contributed by atoms with Gasteiger partial charge in [-0.05, 0) is 44.0 Å². The van der Waals surface area contributed by atoms with Crippen LogP contribution < -0.4 is 10.6 Å². The number of amides is 2. The van der Waals surface area contributed by atoms with Gasteiger partial charge in [-0.1, -0.05) is 31.0 Å². The highest BCUT2D eigenvalue weighted by atomic mass is 32.2. The number of Topliss-reactive ketones (excluding diaryl/α,β-unsaturated/α-hetero) is 1. The largest absolute Gasteiger partial charge is 0.325 e. The zero-order chi connectivity index (χ0) is 21.7. The number of rotatable bonds is 5.